The van der Waals surface area contributed by atoms with E-state index in [0.29, 0.717) is 41.8 Å². The largest absolute Gasteiger partial charge is 0.497 e. The van der Waals surface area contributed by atoms with Gasteiger partial charge in [-0.05, 0) is 42.7 Å². The molecule has 2 aliphatic rings. The van der Waals surface area contributed by atoms with Crippen LogP contribution in [-0.4, -0.2) is 17.8 Å². The number of methoxy groups -OCH3 is 1. The third-order valence-electron chi connectivity index (χ3n) is 5.66. The molecular weight excluding hydrogens is 396 g/mol. The molecule has 2 N–H and O–H groups in total. The van der Waals surface area contributed by atoms with E-state index in [1.165, 1.54) is 12.1 Å². The molecule has 1 atom stereocenters. The lowest BCUT2D eigenvalue weighted by Crippen LogP contribution is -2.38. The lowest BCUT2D eigenvalue weighted by Gasteiger charge is -2.39. The van der Waals surface area contributed by atoms with Crippen LogP contribution in [0, 0.1) is 21.4 Å². The number of ketones is 1. The molecule has 0 amide bonds. The van der Waals surface area contributed by atoms with Crippen LogP contribution in [0.1, 0.15) is 30.7 Å². The number of nitro benzene ring substituents is 1. The van der Waals surface area contributed by atoms with Crippen LogP contribution in [0.4, 0.5) is 11.4 Å². The zero-order chi connectivity index (χ0) is 22.1. The van der Waals surface area contributed by atoms with Crippen molar-refractivity contribution in [1.82, 2.24) is 0 Å². The normalized spacial score (nSPS) is 18.5. The number of nitriles is 1. The number of Topliss-reactive ketones (excluding diaryl/α,β-unsaturated/α-hetero) is 1. The predicted molar refractivity (Wildman–Crippen MR) is 114 cm³/mol. The van der Waals surface area contributed by atoms with Gasteiger partial charge in [0.15, 0.2) is 5.78 Å². The number of anilines is 1. The maximum absolute atomic E-state index is 13.1. The van der Waals surface area contributed by atoms with E-state index in [4.69, 9.17) is 10.5 Å². The van der Waals surface area contributed by atoms with Gasteiger partial charge in [-0.1, -0.05) is 12.1 Å². The third kappa shape index (κ3) is 3.40. The summed E-state index contributed by atoms with van der Waals surface area (Å²) in [7, 11) is 1.57. The fourth-order valence-electron chi connectivity index (χ4n) is 4.26. The summed E-state index contributed by atoms with van der Waals surface area (Å²) < 4.78 is 5.22. The van der Waals surface area contributed by atoms with E-state index in [1.807, 2.05) is 12.1 Å². The Bertz CT molecular complexity index is 1170. The quantitative estimate of drug-likeness (QED) is 0.592. The lowest BCUT2D eigenvalue weighted by molar-refractivity contribution is -0.384. The van der Waals surface area contributed by atoms with Gasteiger partial charge in [-0.2, -0.15) is 5.26 Å². The average molecular weight is 416 g/mol. The molecule has 0 saturated carbocycles. The van der Waals surface area contributed by atoms with Crippen molar-refractivity contribution >= 4 is 17.2 Å². The van der Waals surface area contributed by atoms with Gasteiger partial charge in [0.05, 0.1) is 29.6 Å². The van der Waals surface area contributed by atoms with Crippen molar-refractivity contribution in [2.45, 2.75) is 25.2 Å². The fraction of sp³-hybridized carbons (Fsp3) is 0.217. The smallest absolute Gasteiger partial charge is 0.269 e. The van der Waals surface area contributed by atoms with Crippen LogP contribution < -0.4 is 15.4 Å². The number of carbonyl (C=O) groups is 1. The number of benzene rings is 2. The molecule has 8 heteroatoms. The van der Waals surface area contributed by atoms with Gasteiger partial charge in [0.2, 0.25) is 0 Å². The Morgan fingerprint density at radius 1 is 1.23 bits per heavy atom. The Balaban J connectivity index is 1.93. The predicted octanol–water partition coefficient (Wildman–Crippen LogP) is 3.91. The summed E-state index contributed by atoms with van der Waals surface area (Å²) in [6, 6.07) is 15.4. The zero-order valence-corrected chi connectivity index (χ0v) is 16.9. The average Bonchev–Trinajstić information content (AvgIpc) is 2.78. The topological polar surface area (TPSA) is 122 Å². The number of nitro groups is 1. The van der Waals surface area contributed by atoms with E-state index < -0.39 is 10.8 Å². The van der Waals surface area contributed by atoms with Crippen LogP contribution in [0.3, 0.4) is 0 Å². The minimum absolute atomic E-state index is 0.0727. The molecule has 0 spiro atoms. The maximum atomic E-state index is 13.1. The van der Waals surface area contributed by atoms with Crippen molar-refractivity contribution in [3.8, 4) is 11.8 Å². The highest BCUT2D eigenvalue weighted by Gasteiger charge is 2.40. The van der Waals surface area contributed by atoms with Gasteiger partial charge in [-0.25, -0.2) is 0 Å². The van der Waals surface area contributed by atoms with Gasteiger partial charge in [0.25, 0.3) is 5.69 Å². The summed E-state index contributed by atoms with van der Waals surface area (Å²) in [6.07, 6.45) is 1.64. The molecule has 0 saturated heterocycles. The monoisotopic (exact) mass is 416 g/mol. The summed E-state index contributed by atoms with van der Waals surface area (Å²) in [5.41, 5.74) is 9.02. The molecule has 8 nitrogen and oxygen atoms in total. The Kier molecular flexibility index (Phi) is 5.17. The van der Waals surface area contributed by atoms with Gasteiger partial charge >= 0.3 is 0 Å². The summed E-state index contributed by atoms with van der Waals surface area (Å²) in [5, 5.41) is 21.3. The Morgan fingerprint density at radius 2 is 1.97 bits per heavy atom. The van der Waals surface area contributed by atoms with Gasteiger partial charge in [0, 0.05) is 35.5 Å². The molecule has 1 aliphatic heterocycles. The van der Waals surface area contributed by atoms with E-state index in [1.54, 1.807) is 36.3 Å². The standard InChI is InChI=1S/C23H20N4O4/c1-31-17-10-8-15(9-11-17)26-19-6-3-7-20(28)22(19)21(18(13-24)23(26)25)14-4-2-5-16(12-14)27(29)30/h2,4-5,8-12,21H,3,6-7,25H2,1H3. The Labute approximate surface area is 179 Å². The highest BCUT2D eigenvalue weighted by atomic mass is 16.6. The van der Waals surface area contributed by atoms with Crippen molar-refractivity contribution < 1.29 is 14.5 Å². The van der Waals surface area contributed by atoms with E-state index >= 15 is 0 Å². The third-order valence-corrected chi connectivity index (χ3v) is 5.66. The van der Waals surface area contributed by atoms with Crippen LogP contribution in [0.25, 0.3) is 0 Å². The van der Waals surface area contributed by atoms with Gasteiger partial charge in [-0.15, -0.1) is 0 Å². The number of carbonyl (C=O) groups excluding carboxylic acids is 1. The molecule has 2 aromatic carbocycles. The first kappa shape index (κ1) is 20.2. The molecule has 1 aliphatic carbocycles. The highest BCUT2D eigenvalue weighted by Crippen LogP contribution is 2.46. The number of nitrogens with two attached hydrogens (primary N) is 1. The second-order valence-electron chi connectivity index (χ2n) is 7.37. The van der Waals surface area contributed by atoms with Gasteiger partial charge < -0.3 is 10.5 Å². The number of rotatable bonds is 4. The molecule has 156 valence electrons. The summed E-state index contributed by atoms with van der Waals surface area (Å²) in [6.45, 7) is 0. The second-order valence-corrected chi connectivity index (χ2v) is 7.37. The number of hydrogen-bond donors (Lipinski definition) is 1. The molecule has 0 radical (unpaired) electrons. The first-order valence-electron chi connectivity index (χ1n) is 9.80. The summed E-state index contributed by atoms with van der Waals surface area (Å²) in [4.78, 5) is 25.6. The van der Waals surface area contributed by atoms with Crippen molar-refractivity contribution in [3.63, 3.8) is 0 Å². The fourth-order valence-corrected chi connectivity index (χ4v) is 4.26. The molecular formula is C23H20N4O4. The van der Waals surface area contributed by atoms with Crippen molar-refractivity contribution in [1.29, 1.82) is 5.26 Å². The lowest BCUT2D eigenvalue weighted by atomic mass is 9.75. The molecule has 2 aromatic rings. The van der Waals surface area contributed by atoms with Crippen LogP contribution in [0.5, 0.6) is 5.75 Å². The minimum Gasteiger partial charge on any atom is -0.497 e. The first-order valence-corrected chi connectivity index (χ1v) is 9.80. The number of hydrogen-bond acceptors (Lipinski definition) is 7. The van der Waals surface area contributed by atoms with E-state index in [9.17, 15) is 20.2 Å². The molecule has 0 fully saturated rings. The molecule has 4 rings (SSSR count). The van der Waals surface area contributed by atoms with E-state index in [-0.39, 0.29) is 22.9 Å². The first-order chi connectivity index (χ1) is 15.0. The summed E-state index contributed by atoms with van der Waals surface area (Å²) >= 11 is 0. The van der Waals surface area contributed by atoms with E-state index in [2.05, 4.69) is 6.07 Å². The van der Waals surface area contributed by atoms with E-state index in [0.717, 1.165) is 5.70 Å². The molecule has 31 heavy (non-hydrogen) atoms. The van der Waals surface area contributed by atoms with Crippen LogP contribution in [0.15, 0.2) is 71.2 Å². The molecule has 1 heterocycles. The Morgan fingerprint density at radius 3 is 2.61 bits per heavy atom. The second kappa shape index (κ2) is 7.95. The van der Waals surface area contributed by atoms with Gasteiger partial charge in [0.1, 0.15) is 11.6 Å². The van der Waals surface area contributed by atoms with Crippen molar-refractivity contribution in [2.75, 3.05) is 12.0 Å². The van der Waals surface area contributed by atoms with Gasteiger partial charge in [-0.3, -0.25) is 19.8 Å². The summed E-state index contributed by atoms with van der Waals surface area (Å²) in [5.74, 6) is 0.0866. The van der Waals surface area contributed by atoms with Crippen LogP contribution in [0.2, 0.25) is 0 Å². The highest BCUT2D eigenvalue weighted by molar-refractivity contribution is 6.01. The minimum atomic E-state index is -0.734. The number of nitrogens with zero attached hydrogens (tertiary/aromatic N) is 3. The molecule has 0 aromatic heterocycles. The van der Waals surface area contributed by atoms with Crippen LogP contribution >= 0.6 is 0 Å². The molecule has 1 unspecified atom stereocenters. The SMILES string of the molecule is COc1ccc(N2C(N)=C(C#N)C(c3cccc([N+](=O)[O-])c3)C3=C2CCCC3=O)cc1. The number of allylic oxidation sites excluding steroid dienone is 3. The molecule has 0 bridgehead atoms. The van der Waals surface area contributed by atoms with Crippen molar-refractivity contribution in [3.05, 3.63) is 86.9 Å². The number of ether oxygens (including phenoxy) is 1. The van der Waals surface area contributed by atoms with Crippen molar-refractivity contribution in [2.24, 2.45) is 5.73 Å². The van der Waals surface area contributed by atoms with Crippen LogP contribution in [-0.2, 0) is 4.79 Å². The maximum Gasteiger partial charge on any atom is 0.269 e. The Hall–Kier alpha value is -4.12. The zero-order valence-electron chi connectivity index (χ0n) is 16.9. The number of non-ortho nitro benzene ring substituents is 1.